The lowest BCUT2D eigenvalue weighted by atomic mass is 10.1. The number of aromatic nitrogens is 1. The maximum Gasteiger partial charge on any atom is 0.0446 e. The van der Waals surface area contributed by atoms with Crippen LogP contribution in [0.15, 0.2) is 12.3 Å². The number of nitrogens with zero attached hydrogens (tertiary/aromatic N) is 3. The Labute approximate surface area is 129 Å². The van der Waals surface area contributed by atoms with E-state index in [0.29, 0.717) is 6.04 Å². The second kappa shape index (κ2) is 7.76. The first-order valence-electron chi connectivity index (χ1n) is 8.26. The van der Waals surface area contributed by atoms with Gasteiger partial charge in [-0.05, 0) is 26.0 Å². The van der Waals surface area contributed by atoms with Crippen LogP contribution in [0.25, 0.3) is 0 Å². The van der Waals surface area contributed by atoms with Crippen molar-refractivity contribution in [2.45, 2.75) is 46.7 Å². The SMILES string of the molecule is CCCN1CCN(c2cc(C)ncc2CNC(C)C)CC1. The third kappa shape index (κ3) is 4.68. The van der Waals surface area contributed by atoms with Gasteiger partial charge in [0.1, 0.15) is 0 Å². The molecule has 0 aromatic carbocycles. The summed E-state index contributed by atoms with van der Waals surface area (Å²) < 4.78 is 0. The van der Waals surface area contributed by atoms with Crippen molar-refractivity contribution < 1.29 is 0 Å². The van der Waals surface area contributed by atoms with Gasteiger partial charge in [0.15, 0.2) is 0 Å². The molecule has 0 atom stereocenters. The van der Waals surface area contributed by atoms with Crippen LogP contribution in [-0.2, 0) is 6.54 Å². The molecule has 118 valence electrons. The van der Waals surface area contributed by atoms with Crippen molar-refractivity contribution in [2.75, 3.05) is 37.6 Å². The molecular weight excluding hydrogens is 260 g/mol. The minimum absolute atomic E-state index is 0.501. The summed E-state index contributed by atoms with van der Waals surface area (Å²) in [5, 5.41) is 3.51. The van der Waals surface area contributed by atoms with Crippen LogP contribution in [0.1, 0.15) is 38.4 Å². The Morgan fingerprint density at radius 2 is 1.95 bits per heavy atom. The smallest absolute Gasteiger partial charge is 0.0446 e. The van der Waals surface area contributed by atoms with Crippen molar-refractivity contribution in [3.63, 3.8) is 0 Å². The van der Waals surface area contributed by atoms with Gasteiger partial charge in [-0.2, -0.15) is 0 Å². The molecule has 2 rings (SSSR count). The number of aryl methyl sites for hydroxylation is 1. The van der Waals surface area contributed by atoms with Gasteiger partial charge in [0.25, 0.3) is 0 Å². The van der Waals surface area contributed by atoms with Gasteiger partial charge in [-0.15, -0.1) is 0 Å². The predicted molar refractivity (Wildman–Crippen MR) is 89.9 cm³/mol. The molecule has 1 aliphatic rings. The number of pyridine rings is 1. The van der Waals surface area contributed by atoms with Crippen LogP contribution in [0, 0.1) is 6.92 Å². The van der Waals surface area contributed by atoms with Gasteiger partial charge in [0.05, 0.1) is 0 Å². The van der Waals surface area contributed by atoms with E-state index >= 15 is 0 Å². The van der Waals surface area contributed by atoms with Gasteiger partial charge in [-0.1, -0.05) is 20.8 Å². The van der Waals surface area contributed by atoms with E-state index in [1.165, 1.54) is 37.3 Å². The zero-order valence-corrected chi connectivity index (χ0v) is 14.0. The Kier molecular flexibility index (Phi) is 6.00. The molecule has 0 spiro atoms. The van der Waals surface area contributed by atoms with E-state index < -0.39 is 0 Å². The number of hydrogen-bond acceptors (Lipinski definition) is 4. The molecule has 0 bridgehead atoms. The lowest BCUT2D eigenvalue weighted by Crippen LogP contribution is -2.47. The largest absolute Gasteiger partial charge is 0.369 e. The van der Waals surface area contributed by atoms with Crippen LogP contribution >= 0.6 is 0 Å². The second-order valence-electron chi connectivity index (χ2n) is 6.32. The van der Waals surface area contributed by atoms with Crippen LogP contribution in [0.4, 0.5) is 5.69 Å². The average Bonchev–Trinajstić information content (AvgIpc) is 2.47. The molecule has 0 saturated carbocycles. The predicted octanol–water partition coefficient (Wildman–Crippen LogP) is 2.42. The van der Waals surface area contributed by atoms with Crippen LogP contribution in [0.5, 0.6) is 0 Å². The molecule has 0 amide bonds. The summed E-state index contributed by atoms with van der Waals surface area (Å²) in [6.45, 7) is 15.4. The Bertz CT molecular complexity index is 436. The summed E-state index contributed by atoms with van der Waals surface area (Å²) in [6, 6.07) is 2.74. The molecule has 4 heteroatoms. The molecule has 1 aromatic rings. The van der Waals surface area contributed by atoms with Gasteiger partial charge in [-0.3, -0.25) is 9.88 Å². The lowest BCUT2D eigenvalue weighted by Gasteiger charge is -2.37. The molecule has 0 unspecified atom stereocenters. The van der Waals surface area contributed by atoms with E-state index in [1.807, 2.05) is 6.20 Å². The molecule has 21 heavy (non-hydrogen) atoms. The van der Waals surface area contributed by atoms with Crippen LogP contribution < -0.4 is 10.2 Å². The molecule has 1 fully saturated rings. The van der Waals surface area contributed by atoms with Gasteiger partial charge < -0.3 is 10.2 Å². The van der Waals surface area contributed by atoms with Crippen molar-refractivity contribution in [3.05, 3.63) is 23.5 Å². The fourth-order valence-electron chi connectivity index (χ4n) is 2.85. The second-order valence-corrected chi connectivity index (χ2v) is 6.32. The standard InChI is InChI=1S/C17H30N4/c1-5-6-20-7-9-21(10-8-20)17-11-15(4)19-13-16(17)12-18-14(2)3/h11,13-14,18H,5-10,12H2,1-4H3. The average molecular weight is 290 g/mol. The van der Waals surface area contributed by atoms with Crippen LogP contribution in [-0.4, -0.2) is 48.6 Å². The van der Waals surface area contributed by atoms with E-state index in [0.717, 1.165) is 25.3 Å². The third-order valence-corrected chi connectivity index (χ3v) is 4.05. The van der Waals surface area contributed by atoms with Crippen molar-refractivity contribution in [1.29, 1.82) is 0 Å². The minimum Gasteiger partial charge on any atom is -0.369 e. The molecule has 2 heterocycles. The molecule has 0 radical (unpaired) electrons. The van der Waals surface area contributed by atoms with Crippen LogP contribution in [0.2, 0.25) is 0 Å². The summed E-state index contributed by atoms with van der Waals surface area (Å²) in [6.07, 6.45) is 3.29. The number of hydrogen-bond donors (Lipinski definition) is 1. The minimum atomic E-state index is 0.501. The Morgan fingerprint density at radius 3 is 2.57 bits per heavy atom. The number of nitrogens with one attached hydrogen (secondary N) is 1. The molecular formula is C17H30N4. The molecule has 1 N–H and O–H groups in total. The summed E-state index contributed by atoms with van der Waals surface area (Å²) >= 11 is 0. The molecule has 1 aliphatic heterocycles. The summed E-state index contributed by atoms with van der Waals surface area (Å²) in [4.78, 5) is 9.57. The fourth-order valence-corrected chi connectivity index (χ4v) is 2.85. The molecule has 4 nitrogen and oxygen atoms in total. The van der Waals surface area contributed by atoms with Crippen LogP contribution in [0.3, 0.4) is 0 Å². The van der Waals surface area contributed by atoms with Gasteiger partial charge in [0, 0.05) is 61.9 Å². The van der Waals surface area contributed by atoms with Gasteiger partial charge in [-0.25, -0.2) is 0 Å². The van der Waals surface area contributed by atoms with E-state index in [-0.39, 0.29) is 0 Å². The highest BCUT2D eigenvalue weighted by molar-refractivity contribution is 5.54. The Hall–Kier alpha value is -1.13. The number of piperazine rings is 1. The van der Waals surface area contributed by atoms with E-state index in [1.54, 1.807) is 0 Å². The van der Waals surface area contributed by atoms with Crippen molar-refractivity contribution in [1.82, 2.24) is 15.2 Å². The van der Waals surface area contributed by atoms with E-state index in [9.17, 15) is 0 Å². The highest BCUT2D eigenvalue weighted by atomic mass is 15.3. The zero-order valence-electron chi connectivity index (χ0n) is 14.0. The highest BCUT2D eigenvalue weighted by Crippen LogP contribution is 2.22. The lowest BCUT2D eigenvalue weighted by molar-refractivity contribution is 0.258. The van der Waals surface area contributed by atoms with Crippen molar-refractivity contribution in [2.24, 2.45) is 0 Å². The zero-order chi connectivity index (χ0) is 15.2. The highest BCUT2D eigenvalue weighted by Gasteiger charge is 2.19. The summed E-state index contributed by atoms with van der Waals surface area (Å²) in [5.41, 5.74) is 3.79. The van der Waals surface area contributed by atoms with Crippen molar-refractivity contribution >= 4 is 5.69 Å². The summed E-state index contributed by atoms with van der Waals surface area (Å²) in [7, 11) is 0. The normalized spacial score (nSPS) is 16.7. The quantitative estimate of drug-likeness (QED) is 0.872. The third-order valence-electron chi connectivity index (χ3n) is 4.05. The number of rotatable bonds is 6. The molecule has 1 aromatic heterocycles. The monoisotopic (exact) mass is 290 g/mol. The first kappa shape index (κ1) is 16.2. The van der Waals surface area contributed by atoms with Gasteiger partial charge >= 0.3 is 0 Å². The number of anilines is 1. The fraction of sp³-hybridized carbons (Fsp3) is 0.706. The first-order chi connectivity index (χ1) is 10.1. The first-order valence-corrected chi connectivity index (χ1v) is 8.26. The molecule has 0 aliphatic carbocycles. The maximum atomic E-state index is 4.48. The van der Waals surface area contributed by atoms with Crippen molar-refractivity contribution in [3.8, 4) is 0 Å². The topological polar surface area (TPSA) is 31.4 Å². The summed E-state index contributed by atoms with van der Waals surface area (Å²) in [5.74, 6) is 0. The molecule has 1 saturated heterocycles. The maximum absolute atomic E-state index is 4.48. The Balaban J connectivity index is 2.06. The van der Waals surface area contributed by atoms with E-state index in [2.05, 4.69) is 53.9 Å². The van der Waals surface area contributed by atoms with Gasteiger partial charge in [0.2, 0.25) is 0 Å². The van der Waals surface area contributed by atoms with E-state index in [4.69, 9.17) is 0 Å². The Morgan fingerprint density at radius 1 is 1.24 bits per heavy atom.